The first-order chi connectivity index (χ1) is 23.4. The van der Waals surface area contributed by atoms with Crippen molar-refractivity contribution in [2.24, 2.45) is 0 Å². The highest BCUT2D eigenvalue weighted by molar-refractivity contribution is 7.47. The van der Waals surface area contributed by atoms with Crippen LogP contribution in [-0.4, -0.2) is 124 Å². The van der Waals surface area contributed by atoms with E-state index in [0.29, 0.717) is 5.06 Å². The van der Waals surface area contributed by atoms with Crippen molar-refractivity contribution in [2.45, 2.75) is 57.6 Å². The number of nitrogens with zero attached hydrogens (tertiary/aromatic N) is 5. The zero-order valence-corrected chi connectivity index (χ0v) is 27.4. The first-order valence-electron chi connectivity index (χ1n) is 15.0. The van der Waals surface area contributed by atoms with Crippen molar-refractivity contribution in [3.05, 3.63) is 12.7 Å². The van der Waals surface area contributed by atoms with E-state index in [0.717, 1.165) is 13.8 Å². The Kier molecular flexibility index (Phi) is 13.3. The summed E-state index contributed by atoms with van der Waals surface area (Å²) in [6.07, 6.45) is -2.51. The molecule has 0 aliphatic carbocycles. The third kappa shape index (κ3) is 10.6. The van der Waals surface area contributed by atoms with Crippen LogP contribution in [0, 0.1) is 0 Å². The van der Waals surface area contributed by atoms with Crippen LogP contribution in [0.2, 0.25) is 0 Å². The molecule has 2 fully saturated rings. The molecule has 0 bridgehead atoms. The van der Waals surface area contributed by atoms with Crippen LogP contribution in [0.25, 0.3) is 11.2 Å². The van der Waals surface area contributed by atoms with E-state index in [4.69, 9.17) is 33.7 Å². The molecule has 270 valence electrons. The van der Waals surface area contributed by atoms with Crippen LogP contribution in [0.15, 0.2) is 12.7 Å². The smallest absolute Gasteiger partial charge is 0.438 e. The van der Waals surface area contributed by atoms with Crippen LogP contribution in [0.5, 0.6) is 0 Å². The van der Waals surface area contributed by atoms with Gasteiger partial charge in [-0.25, -0.2) is 29.1 Å². The van der Waals surface area contributed by atoms with Gasteiger partial charge in [0.2, 0.25) is 5.91 Å². The molecule has 4 rings (SSSR count). The number of anilines is 1. The van der Waals surface area contributed by atoms with Gasteiger partial charge in [-0.2, -0.15) is 0 Å². The number of ether oxygens (including phenoxy) is 4. The standard InChI is InChI=1S/C26H37N8O14P/c1-15(35)34(16(2)36)47-19(38)5-3-4-18(37)28-6-8-42-10-11-43-9-7-29-26(39)46-22-21-17(12-44-49(40,41)48-21)45-25(22)33-14-32-20-23(27)30-13-31-24(20)33/h13-14,17,21-22,25H,3-12H2,1-2H3,(H,28,37)(H,29,39)(H,40,41)(H2,27,30,31). The van der Waals surface area contributed by atoms with Gasteiger partial charge in [0.1, 0.15) is 24.1 Å². The molecule has 2 aromatic heterocycles. The fourth-order valence-electron chi connectivity index (χ4n) is 4.68. The fraction of sp³-hybridized carbons (Fsp3) is 0.615. The maximum atomic E-state index is 12.7. The molecule has 0 spiro atoms. The van der Waals surface area contributed by atoms with Crippen molar-refractivity contribution in [3.63, 3.8) is 0 Å². The maximum absolute atomic E-state index is 12.7. The molecule has 0 radical (unpaired) electrons. The lowest BCUT2D eigenvalue weighted by Crippen LogP contribution is -2.43. The maximum Gasteiger partial charge on any atom is 0.472 e. The Morgan fingerprint density at radius 2 is 1.73 bits per heavy atom. The second kappa shape index (κ2) is 17.4. The normalized spacial score (nSPS) is 23.0. The molecule has 5 atom stereocenters. The number of imidazole rings is 1. The molecule has 2 aliphatic rings. The van der Waals surface area contributed by atoms with Crippen LogP contribution in [0.3, 0.4) is 0 Å². The zero-order chi connectivity index (χ0) is 35.6. The lowest BCUT2D eigenvalue weighted by molar-refractivity contribution is -0.200. The number of nitrogens with two attached hydrogens (primary N) is 1. The lowest BCUT2D eigenvalue weighted by atomic mass is 10.1. The van der Waals surface area contributed by atoms with Crippen LogP contribution < -0.4 is 16.4 Å². The third-order valence-corrected chi connectivity index (χ3v) is 7.84. The van der Waals surface area contributed by atoms with E-state index in [-0.39, 0.29) is 88.3 Å². The molecule has 0 aromatic carbocycles. The minimum atomic E-state index is -4.41. The number of amides is 4. The van der Waals surface area contributed by atoms with Crippen LogP contribution in [0.4, 0.5) is 10.6 Å². The topological polar surface area (TPSA) is 284 Å². The molecular weight excluding hydrogens is 679 g/mol. The number of carbonyl (C=O) groups is 5. The molecule has 49 heavy (non-hydrogen) atoms. The predicted molar refractivity (Wildman–Crippen MR) is 160 cm³/mol. The number of hydroxylamine groups is 2. The second-order valence-corrected chi connectivity index (χ2v) is 11.9. The number of alkyl carbamates (subject to hydrolysis) is 1. The van der Waals surface area contributed by atoms with Crippen molar-refractivity contribution in [3.8, 4) is 0 Å². The number of phosphoric ester groups is 1. The number of phosphoric acid groups is 1. The number of nitrogens with one attached hydrogen (secondary N) is 2. The first kappa shape index (κ1) is 37.5. The Morgan fingerprint density at radius 1 is 1.04 bits per heavy atom. The Balaban J connectivity index is 1.09. The number of aromatic nitrogens is 4. The molecule has 4 heterocycles. The minimum absolute atomic E-state index is 0.0254. The highest BCUT2D eigenvalue weighted by atomic mass is 31.2. The number of nitrogen functional groups attached to an aromatic ring is 1. The zero-order valence-electron chi connectivity index (χ0n) is 26.6. The van der Waals surface area contributed by atoms with Crippen LogP contribution in [-0.2, 0) is 56.6 Å². The molecule has 5 N–H and O–H groups in total. The average molecular weight is 717 g/mol. The molecule has 0 saturated carbocycles. The number of hydrogen-bond donors (Lipinski definition) is 4. The Bertz CT molecular complexity index is 1540. The van der Waals surface area contributed by atoms with E-state index >= 15 is 0 Å². The van der Waals surface area contributed by atoms with Crippen molar-refractivity contribution in [1.29, 1.82) is 0 Å². The lowest BCUT2D eigenvalue weighted by Gasteiger charge is -2.29. The van der Waals surface area contributed by atoms with E-state index in [2.05, 4.69) is 30.4 Å². The van der Waals surface area contributed by atoms with E-state index in [1.54, 1.807) is 0 Å². The summed E-state index contributed by atoms with van der Waals surface area (Å²) in [6, 6.07) is 0. The van der Waals surface area contributed by atoms with Gasteiger partial charge in [0.25, 0.3) is 11.8 Å². The van der Waals surface area contributed by atoms with E-state index < -0.39 is 56.2 Å². The van der Waals surface area contributed by atoms with E-state index in [1.807, 2.05) is 0 Å². The largest absolute Gasteiger partial charge is 0.472 e. The quantitative estimate of drug-likeness (QED) is 0.0985. The second-order valence-electron chi connectivity index (χ2n) is 10.5. The molecule has 2 aromatic rings. The monoisotopic (exact) mass is 716 g/mol. The summed E-state index contributed by atoms with van der Waals surface area (Å²) in [7, 11) is -4.41. The van der Waals surface area contributed by atoms with Crippen LogP contribution >= 0.6 is 7.82 Å². The Hall–Kier alpha value is -4.31. The summed E-state index contributed by atoms with van der Waals surface area (Å²) >= 11 is 0. The third-order valence-electron chi connectivity index (χ3n) is 6.85. The van der Waals surface area contributed by atoms with Gasteiger partial charge < -0.3 is 45.0 Å². The van der Waals surface area contributed by atoms with Gasteiger partial charge in [0, 0.05) is 39.8 Å². The fourth-order valence-corrected chi connectivity index (χ4v) is 5.64. The van der Waals surface area contributed by atoms with Crippen molar-refractivity contribution >= 4 is 54.6 Å². The molecule has 5 unspecified atom stereocenters. The number of fused-ring (bicyclic) bond motifs is 2. The van der Waals surface area contributed by atoms with Gasteiger partial charge in [-0.1, -0.05) is 0 Å². The number of hydrogen-bond acceptors (Lipinski definition) is 17. The van der Waals surface area contributed by atoms with Gasteiger partial charge in [0.15, 0.2) is 23.8 Å². The van der Waals surface area contributed by atoms with E-state index in [9.17, 15) is 33.4 Å². The molecule has 23 heteroatoms. The first-order valence-corrected chi connectivity index (χ1v) is 16.5. The summed E-state index contributed by atoms with van der Waals surface area (Å²) < 4.78 is 46.0. The molecule has 2 saturated heterocycles. The molecule has 2 aliphatic heterocycles. The number of imide groups is 1. The average Bonchev–Trinajstić information content (AvgIpc) is 3.61. The number of rotatable bonds is 15. The highest BCUT2D eigenvalue weighted by Gasteiger charge is 2.55. The van der Waals surface area contributed by atoms with Gasteiger partial charge >= 0.3 is 19.9 Å². The summed E-state index contributed by atoms with van der Waals surface area (Å²) in [6.45, 7) is 2.82. The number of carbonyl (C=O) groups excluding carboxylic acids is 5. The summed E-state index contributed by atoms with van der Waals surface area (Å²) in [5, 5.41) is 5.50. The predicted octanol–water partition coefficient (Wildman–Crippen LogP) is -0.911. The molecular formula is C26H37N8O14P. The minimum Gasteiger partial charge on any atom is -0.438 e. The van der Waals surface area contributed by atoms with Crippen molar-refractivity contribution < 1.29 is 66.3 Å². The Labute approximate surface area is 278 Å². The summed E-state index contributed by atoms with van der Waals surface area (Å²) in [4.78, 5) is 85.6. The van der Waals surface area contributed by atoms with E-state index in [1.165, 1.54) is 17.2 Å². The summed E-state index contributed by atoms with van der Waals surface area (Å²) in [5.74, 6) is -2.48. The SMILES string of the molecule is CC(=O)N(OC(=O)CCCC(=O)NCCOCCOCCNC(=O)OC1C2OP(=O)(O)OCC2OC1n1cnc2c(N)ncnc21)C(C)=O. The van der Waals surface area contributed by atoms with Gasteiger partial charge in [0.05, 0.1) is 39.4 Å². The van der Waals surface area contributed by atoms with Crippen LogP contribution in [0.1, 0.15) is 39.3 Å². The van der Waals surface area contributed by atoms with Gasteiger partial charge in [-0.05, 0) is 6.42 Å². The van der Waals surface area contributed by atoms with Gasteiger partial charge in [-0.3, -0.25) is 28.0 Å². The van der Waals surface area contributed by atoms with Gasteiger partial charge in [-0.15, -0.1) is 5.06 Å². The molecule has 4 amide bonds. The van der Waals surface area contributed by atoms with Crippen molar-refractivity contribution in [1.82, 2.24) is 35.2 Å². The molecule has 22 nitrogen and oxygen atoms in total. The van der Waals surface area contributed by atoms with Crippen molar-refractivity contribution in [2.75, 3.05) is 51.9 Å². The highest BCUT2D eigenvalue weighted by Crippen LogP contribution is 2.53. The summed E-state index contributed by atoms with van der Waals surface area (Å²) in [5.41, 5.74) is 6.43. The Morgan fingerprint density at radius 3 is 2.43 bits per heavy atom.